The summed E-state index contributed by atoms with van der Waals surface area (Å²) >= 11 is 0. The maximum Gasteiger partial charge on any atom is 0.407 e. The molecule has 0 spiro atoms. The second-order valence-electron chi connectivity index (χ2n) is 8.28. The minimum Gasteiger partial charge on any atom is -0.481 e. The maximum atomic E-state index is 12.5. The topological polar surface area (TPSA) is 75.6 Å². The van der Waals surface area contributed by atoms with Crippen molar-refractivity contribution in [2.75, 3.05) is 6.61 Å². The van der Waals surface area contributed by atoms with E-state index in [-0.39, 0.29) is 24.9 Å². The summed E-state index contributed by atoms with van der Waals surface area (Å²) in [6.45, 7) is 6.36. The second kappa shape index (κ2) is 9.12. The van der Waals surface area contributed by atoms with Gasteiger partial charge < -0.3 is 15.2 Å². The first kappa shape index (κ1) is 20.9. The molecule has 0 bridgehead atoms. The number of carboxylic acids is 1. The van der Waals surface area contributed by atoms with Crippen molar-refractivity contribution < 1.29 is 19.4 Å². The van der Waals surface area contributed by atoms with E-state index in [0.29, 0.717) is 5.92 Å². The number of ether oxygens (including phenoxy) is 1. The number of amides is 1. The van der Waals surface area contributed by atoms with Crippen LogP contribution in [0.5, 0.6) is 0 Å². The Morgan fingerprint density at radius 2 is 1.55 bits per heavy atom. The summed E-state index contributed by atoms with van der Waals surface area (Å²) in [7, 11) is 0. The van der Waals surface area contributed by atoms with E-state index in [9.17, 15) is 14.7 Å². The van der Waals surface area contributed by atoms with Crippen LogP contribution in [0.4, 0.5) is 4.79 Å². The summed E-state index contributed by atoms with van der Waals surface area (Å²) in [4.78, 5) is 23.7. The Kier molecular flexibility index (Phi) is 6.57. The molecule has 5 heteroatoms. The van der Waals surface area contributed by atoms with E-state index in [2.05, 4.69) is 43.4 Å². The van der Waals surface area contributed by atoms with Crippen molar-refractivity contribution in [1.29, 1.82) is 0 Å². The van der Waals surface area contributed by atoms with E-state index in [4.69, 9.17) is 4.74 Å². The van der Waals surface area contributed by atoms with Crippen LogP contribution in [-0.4, -0.2) is 29.8 Å². The predicted octanol–water partition coefficient (Wildman–Crippen LogP) is 5.05. The summed E-state index contributed by atoms with van der Waals surface area (Å²) < 4.78 is 5.56. The molecule has 0 saturated carbocycles. The highest BCUT2D eigenvalue weighted by atomic mass is 16.5. The third-order valence-electron chi connectivity index (χ3n) is 5.57. The van der Waals surface area contributed by atoms with Gasteiger partial charge in [-0.2, -0.15) is 0 Å². The van der Waals surface area contributed by atoms with Gasteiger partial charge in [-0.3, -0.25) is 4.79 Å². The summed E-state index contributed by atoms with van der Waals surface area (Å²) in [5.74, 6) is -0.471. The minimum absolute atomic E-state index is 0.0147. The van der Waals surface area contributed by atoms with E-state index in [1.165, 1.54) is 11.1 Å². The Hall–Kier alpha value is -2.82. The third-order valence-corrected chi connectivity index (χ3v) is 5.57. The standard InChI is InChI=1S/C24H29NO4/c1-15(2)12-16(3)22(13-23(26)27)25-24(28)29-14-21-19-10-6-4-8-17(19)18-9-5-7-11-20(18)21/h4-11,15-16,21-22H,12-14H2,1-3H3,(H,25,28)(H,26,27). The highest BCUT2D eigenvalue weighted by molar-refractivity contribution is 5.79. The average Bonchev–Trinajstić information content (AvgIpc) is 2.99. The number of carboxylic acid groups (broad SMARTS) is 1. The molecule has 29 heavy (non-hydrogen) atoms. The molecule has 0 heterocycles. The van der Waals surface area contributed by atoms with Gasteiger partial charge in [0.1, 0.15) is 6.61 Å². The molecule has 0 saturated heterocycles. The first-order chi connectivity index (χ1) is 13.9. The number of hydrogen-bond donors (Lipinski definition) is 2. The number of aliphatic carboxylic acids is 1. The van der Waals surface area contributed by atoms with Crippen LogP contribution in [-0.2, 0) is 9.53 Å². The molecule has 2 atom stereocenters. The van der Waals surface area contributed by atoms with Gasteiger partial charge in [-0.15, -0.1) is 0 Å². The molecule has 1 aliphatic carbocycles. The molecular weight excluding hydrogens is 366 g/mol. The predicted molar refractivity (Wildman–Crippen MR) is 113 cm³/mol. The molecule has 1 aliphatic rings. The van der Waals surface area contributed by atoms with E-state index in [0.717, 1.165) is 17.5 Å². The highest BCUT2D eigenvalue weighted by Gasteiger charge is 2.30. The van der Waals surface area contributed by atoms with Gasteiger partial charge in [0.15, 0.2) is 0 Å². The largest absolute Gasteiger partial charge is 0.481 e. The van der Waals surface area contributed by atoms with Crippen LogP contribution in [0.1, 0.15) is 50.7 Å². The van der Waals surface area contributed by atoms with Crippen molar-refractivity contribution in [2.24, 2.45) is 11.8 Å². The normalized spacial score (nSPS) is 14.8. The zero-order valence-corrected chi connectivity index (χ0v) is 17.2. The monoisotopic (exact) mass is 395 g/mol. The van der Waals surface area contributed by atoms with Crippen LogP contribution >= 0.6 is 0 Å². The lowest BCUT2D eigenvalue weighted by molar-refractivity contribution is -0.137. The van der Waals surface area contributed by atoms with Gasteiger partial charge in [0.25, 0.3) is 0 Å². The van der Waals surface area contributed by atoms with E-state index >= 15 is 0 Å². The van der Waals surface area contributed by atoms with Crippen molar-refractivity contribution in [3.8, 4) is 11.1 Å². The molecule has 2 unspecified atom stereocenters. The van der Waals surface area contributed by atoms with Crippen molar-refractivity contribution in [1.82, 2.24) is 5.32 Å². The first-order valence-corrected chi connectivity index (χ1v) is 10.2. The molecule has 154 valence electrons. The molecular formula is C24H29NO4. The molecule has 1 amide bonds. The summed E-state index contributed by atoms with van der Waals surface area (Å²) in [5, 5.41) is 12.0. The molecule has 0 fully saturated rings. The van der Waals surface area contributed by atoms with Gasteiger partial charge in [0, 0.05) is 12.0 Å². The van der Waals surface area contributed by atoms with Crippen molar-refractivity contribution in [3.05, 3.63) is 59.7 Å². The lowest BCUT2D eigenvalue weighted by Gasteiger charge is -2.25. The number of benzene rings is 2. The van der Waals surface area contributed by atoms with Gasteiger partial charge in [-0.25, -0.2) is 4.79 Å². The molecule has 0 radical (unpaired) electrons. The fourth-order valence-electron chi connectivity index (χ4n) is 4.28. The average molecular weight is 395 g/mol. The number of carbonyl (C=O) groups is 2. The van der Waals surface area contributed by atoms with Crippen LogP contribution in [0.2, 0.25) is 0 Å². The molecule has 5 nitrogen and oxygen atoms in total. The summed E-state index contributed by atoms with van der Waals surface area (Å²) in [6.07, 6.45) is 0.161. The lowest BCUT2D eigenvalue weighted by Crippen LogP contribution is -2.42. The fraction of sp³-hybridized carbons (Fsp3) is 0.417. The third kappa shape index (κ3) is 4.97. The van der Waals surface area contributed by atoms with Crippen LogP contribution in [0.25, 0.3) is 11.1 Å². The second-order valence-corrected chi connectivity index (χ2v) is 8.28. The molecule has 2 aromatic carbocycles. The molecule has 2 N–H and O–H groups in total. The van der Waals surface area contributed by atoms with Gasteiger partial charge >= 0.3 is 12.1 Å². The first-order valence-electron chi connectivity index (χ1n) is 10.2. The Morgan fingerprint density at radius 1 is 1.00 bits per heavy atom. The number of fused-ring (bicyclic) bond motifs is 3. The summed E-state index contributed by atoms with van der Waals surface area (Å²) in [5.41, 5.74) is 4.64. The van der Waals surface area contributed by atoms with E-state index in [1.807, 2.05) is 31.2 Å². The number of carbonyl (C=O) groups excluding carboxylic acids is 1. The minimum atomic E-state index is -0.926. The quantitative estimate of drug-likeness (QED) is 0.656. The van der Waals surface area contributed by atoms with Crippen molar-refractivity contribution in [2.45, 2.75) is 45.6 Å². The zero-order chi connectivity index (χ0) is 21.0. The Labute approximate surface area is 172 Å². The van der Waals surface area contributed by atoms with Gasteiger partial charge in [0.2, 0.25) is 0 Å². The number of rotatable bonds is 8. The number of hydrogen-bond acceptors (Lipinski definition) is 3. The van der Waals surface area contributed by atoms with Crippen LogP contribution < -0.4 is 5.32 Å². The van der Waals surface area contributed by atoms with Crippen LogP contribution in [0.3, 0.4) is 0 Å². The van der Waals surface area contributed by atoms with Crippen molar-refractivity contribution in [3.63, 3.8) is 0 Å². The lowest BCUT2D eigenvalue weighted by atomic mass is 9.90. The number of alkyl carbamates (subject to hydrolysis) is 1. The molecule has 0 aromatic heterocycles. The van der Waals surface area contributed by atoms with Crippen LogP contribution in [0, 0.1) is 11.8 Å². The highest BCUT2D eigenvalue weighted by Crippen LogP contribution is 2.44. The Morgan fingerprint density at radius 3 is 2.07 bits per heavy atom. The van der Waals surface area contributed by atoms with E-state index in [1.54, 1.807) is 0 Å². The van der Waals surface area contributed by atoms with Crippen molar-refractivity contribution >= 4 is 12.1 Å². The molecule has 2 aromatic rings. The summed E-state index contributed by atoms with van der Waals surface area (Å²) in [6, 6.07) is 15.9. The van der Waals surface area contributed by atoms with Crippen LogP contribution in [0.15, 0.2) is 48.5 Å². The molecule has 0 aliphatic heterocycles. The maximum absolute atomic E-state index is 12.5. The fourth-order valence-corrected chi connectivity index (χ4v) is 4.28. The van der Waals surface area contributed by atoms with Gasteiger partial charge in [-0.1, -0.05) is 69.3 Å². The Bertz CT molecular complexity index is 831. The van der Waals surface area contributed by atoms with E-state index < -0.39 is 18.1 Å². The number of nitrogens with one attached hydrogen (secondary N) is 1. The smallest absolute Gasteiger partial charge is 0.407 e. The Balaban J connectivity index is 1.67. The SMILES string of the molecule is CC(C)CC(C)C(CC(=O)O)NC(=O)OCC1c2ccccc2-c2ccccc21. The van der Waals surface area contributed by atoms with Gasteiger partial charge in [0.05, 0.1) is 6.42 Å². The molecule has 3 rings (SSSR count). The zero-order valence-electron chi connectivity index (χ0n) is 17.2. The van der Waals surface area contributed by atoms with Gasteiger partial charge in [-0.05, 0) is 40.5 Å².